The van der Waals surface area contributed by atoms with Crippen molar-refractivity contribution in [3.8, 4) is 0 Å². The highest BCUT2D eigenvalue weighted by Gasteiger charge is 2.20. The molecule has 0 bridgehead atoms. The van der Waals surface area contributed by atoms with Crippen molar-refractivity contribution in [3.63, 3.8) is 0 Å². The highest BCUT2D eigenvalue weighted by atomic mass is 32.2. The predicted molar refractivity (Wildman–Crippen MR) is 117 cm³/mol. The van der Waals surface area contributed by atoms with Gasteiger partial charge in [0.25, 0.3) is 11.8 Å². The van der Waals surface area contributed by atoms with E-state index in [4.69, 9.17) is 5.73 Å². The molecule has 0 radical (unpaired) electrons. The van der Waals surface area contributed by atoms with Gasteiger partial charge in [-0.25, -0.2) is 12.8 Å². The van der Waals surface area contributed by atoms with Crippen LogP contribution in [-0.2, 0) is 16.6 Å². The van der Waals surface area contributed by atoms with Gasteiger partial charge in [-0.1, -0.05) is 30.3 Å². The average Bonchev–Trinajstić information content (AvgIpc) is 2.72. The van der Waals surface area contributed by atoms with Gasteiger partial charge >= 0.3 is 0 Å². The van der Waals surface area contributed by atoms with E-state index in [0.717, 1.165) is 10.6 Å². The van der Waals surface area contributed by atoms with E-state index in [1.54, 1.807) is 24.3 Å². The van der Waals surface area contributed by atoms with E-state index in [2.05, 4.69) is 5.32 Å². The summed E-state index contributed by atoms with van der Waals surface area (Å²) in [5, 5.41) is 2.61. The van der Waals surface area contributed by atoms with Gasteiger partial charge in [-0.3, -0.25) is 13.9 Å². The lowest BCUT2D eigenvalue weighted by Crippen LogP contribution is -2.29. The summed E-state index contributed by atoms with van der Waals surface area (Å²) in [6.07, 6.45) is 1.02. The number of benzene rings is 3. The first-order chi connectivity index (χ1) is 14.7. The predicted octanol–water partition coefficient (Wildman–Crippen LogP) is 3.14. The van der Waals surface area contributed by atoms with E-state index in [1.807, 2.05) is 0 Å². The third-order valence-corrected chi connectivity index (χ3v) is 5.67. The maximum atomic E-state index is 14.0. The number of carbonyl (C=O) groups is 2. The Hall–Kier alpha value is -3.72. The van der Waals surface area contributed by atoms with Gasteiger partial charge in [-0.05, 0) is 42.5 Å². The van der Waals surface area contributed by atoms with Crippen molar-refractivity contribution in [2.75, 3.05) is 15.9 Å². The molecular formula is C22H20FN3O4S. The zero-order valence-electron chi connectivity index (χ0n) is 16.6. The van der Waals surface area contributed by atoms with Crippen LogP contribution < -0.4 is 15.4 Å². The average molecular weight is 441 g/mol. The van der Waals surface area contributed by atoms with Crippen LogP contribution in [0.3, 0.4) is 0 Å². The van der Waals surface area contributed by atoms with Gasteiger partial charge in [-0.2, -0.15) is 0 Å². The van der Waals surface area contributed by atoms with Crippen molar-refractivity contribution in [2.45, 2.75) is 6.54 Å². The molecule has 7 nitrogen and oxygen atoms in total. The maximum Gasteiger partial charge on any atom is 0.255 e. The lowest BCUT2D eigenvalue weighted by atomic mass is 10.1. The summed E-state index contributed by atoms with van der Waals surface area (Å²) in [6, 6.07) is 18.0. The van der Waals surface area contributed by atoms with Gasteiger partial charge in [0.15, 0.2) is 0 Å². The van der Waals surface area contributed by atoms with Crippen LogP contribution in [0.1, 0.15) is 26.3 Å². The fourth-order valence-corrected chi connectivity index (χ4v) is 3.84. The number of primary amides is 1. The van der Waals surface area contributed by atoms with Crippen LogP contribution in [-0.4, -0.2) is 26.5 Å². The molecule has 9 heteroatoms. The number of nitrogens with two attached hydrogens (primary N) is 1. The highest BCUT2D eigenvalue weighted by Crippen LogP contribution is 2.23. The number of nitrogens with zero attached hydrogens (tertiary/aromatic N) is 1. The zero-order valence-corrected chi connectivity index (χ0v) is 17.4. The molecule has 0 aliphatic heterocycles. The van der Waals surface area contributed by atoms with Crippen LogP contribution in [0.15, 0.2) is 72.8 Å². The monoisotopic (exact) mass is 441 g/mol. The topological polar surface area (TPSA) is 110 Å². The van der Waals surface area contributed by atoms with Crippen molar-refractivity contribution >= 4 is 33.2 Å². The Bertz CT molecular complexity index is 1230. The fourth-order valence-electron chi connectivity index (χ4n) is 2.96. The van der Waals surface area contributed by atoms with Gasteiger partial charge in [0.1, 0.15) is 5.82 Å². The molecule has 0 heterocycles. The van der Waals surface area contributed by atoms with Crippen LogP contribution in [0.25, 0.3) is 0 Å². The van der Waals surface area contributed by atoms with Gasteiger partial charge in [0.2, 0.25) is 10.0 Å². The third kappa shape index (κ3) is 5.26. The summed E-state index contributed by atoms with van der Waals surface area (Å²) < 4.78 is 39.6. The van der Waals surface area contributed by atoms with E-state index in [-0.39, 0.29) is 34.6 Å². The molecule has 3 aromatic rings. The molecule has 0 unspecified atom stereocenters. The first-order valence-corrected chi connectivity index (χ1v) is 11.0. The summed E-state index contributed by atoms with van der Waals surface area (Å²) in [4.78, 5) is 24.1. The minimum atomic E-state index is -3.71. The summed E-state index contributed by atoms with van der Waals surface area (Å²) in [7, 11) is -3.71. The second kappa shape index (κ2) is 8.97. The van der Waals surface area contributed by atoms with Gasteiger partial charge in [0.05, 0.1) is 29.7 Å². The van der Waals surface area contributed by atoms with Crippen molar-refractivity contribution in [1.29, 1.82) is 0 Å². The molecule has 0 aliphatic rings. The first-order valence-electron chi connectivity index (χ1n) is 9.18. The third-order valence-electron chi connectivity index (χ3n) is 4.53. The number of sulfonamides is 1. The van der Waals surface area contributed by atoms with Crippen molar-refractivity contribution in [3.05, 3.63) is 95.3 Å². The Morgan fingerprint density at radius 2 is 1.58 bits per heavy atom. The highest BCUT2D eigenvalue weighted by molar-refractivity contribution is 7.92. The lowest BCUT2D eigenvalue weighted by Gasteiger charge is -2.23. The number of nitrogens with one attached hydrogen (secondary N) is 1. The molecule has 0 saturated carbocycles. The molecule has 0 saturated heterocycles. The maximum absolute atomic E-state index is 14.0. The normalized spacial score (nSPS) is 11.0. The molecule has 0 spiro atoms. The van der Waals surface area contributed by atoms with Crippen LogP contribution in [0.2, 0.25) is 0 Å². The Labute approximate surface area is 179 Å². The SMILES string of the molecule is CS(=O)(=O)N(Cc1ccccc1F)c1ccc(C(=O)Nc2ccccc2C(N)=O)cc1. The Morgan fingerprint density at radius 1 is 0.968 bits per heavy atom. The Balaban J connectivity index is 1.84. The number of hydrogen-bond donors (Lipinski definition) is 2. The van der Waals surface area contributed by atoms with Crippen LogP contribution >= 0.6 is 0 Å². The number of halogens is 1. The van der Waals surface area contributed by atoms with Crippen molar-refractivity contribution in [1.82, 2.24) is 0 Å². The molecule has 3 N–H and O–H groups in total. The molecule has 0 aromatic heterocycles. The van der Waals surface area contributed by atoms with Crippen LogP contribution in [0.5, 0.6) is 0 Å². The minimum Gasteiger partial charge on any atom is -0.366 e. The second-order valence-electron chi connectivity index (χ2n) is 6.77. The van der Waals surface area contributed by atoms with E-state index in [0.29, 0.717) is 0 Å². The number of anilines is 2. The largest absolute Gasteiger partial charge is 0.366 e. The Kier molecular flexibility index (Phi) is 6.36. The number of rotatable bonds is 7. The molecule has 0 atom stereocenters. The minimum absolute atomic E-state index is 0.167. The zero-order chi connectivity index (χ0) is 22.6. The van der Waals surface area contributed by atoms with E-state index in [1.165, 1.54) is 48.5 Å². The number of amides is 2. The van der Waals surface area contributed by atoms with Crippen LogP contribution in [0.4, 0.5) is 15.8 Å². The number of para-hydroxylation sites is 1. The molecular weight excluding hydrogens is 421 g/mol. The molecule has 0 aliphatic carbocycles. The molecule has 0 fully saturated rings. The van der Waals surface area contributed by atoms with E-state index in [9.17, 15) is 22.4 Å². The smallest absolute Gasteiger partial charge is 0.255 e. The number of carbonyl (C=O) groups excluding carboxylic acids is 2. The van der Waals surface area contributed by atoms with Crippen molar-refractivity contribution < 1.29 is 22.4 Å². The number of hydrogen-bond acceptors (Lipinski definition) is 4. The first kappa shape index (κ1) is 22.0. The standard InChI is InChI=1S/C22H20FN3O4S/c1-31(29,30)26(14-16-6-2-4-8-19(16)23)17-12-10-15(11-13-17)22(28)25-20-9-5-3-7-18(20)21(24)27/h2-13H,14H2,1H3,(H2,24,27)(H,25,28). The summed E-state index contributed by atoms with van der Waals surface area (Å²) in [5.41, 5.74) is 6.49. The molecule has 3 rings (SSSR count). The van der Waals surface area contributed by atoms with Gasteiger partial charge in [-0.15, -0.1) is 0 Å². The lowest BCUT2D eigenvalue weighted by molar-refractivity contribution is 0.100. The second-order valence-corrected chi connectivity index (χ2v) is 8.68. The van der Waals surface area contributed by atoms with Crippen molar-refractivity contribution in [2.24, 2.45) is 5.73 Å². The molecule has 2 amide bonds. The van der Waals surface area contributed by atoms with Gasteiger partial charge < -0.3 is 11.1 Å². The quantitative estimate of drug-likeness (QED) is 0.587. The Morgan fingerprint density at radius 3 is 2.19 bits per heavy atom. The summed E-state index contributed by atoms with van der Waals surface area (Å²) in [5.74, 6) is -1.69. The van der Waals surface area contributed by atoms with E-state index >= 15 is 0 Å². The summed E-state index contributed by atoms with van der Waals surface area (Å²) >= 11 is 0. The molecule has 31 heavy (non-hydrogen) atoms. The fraction of sp³-hybridized carbons (Fsp3) is 0.0909. The molecule has 3 aromatic carbocycles. The summed E-state index contributed by atoms with van der Waals surface area (Å²) in [6.45, 7) is -0.191. The van der Waals surface area contributed by atoms with E-state index < -0.39 is 27.7 Å². The van der Waals surface area contributed by atoms with Gasteiger partial charge in [0, 0.05) is 11.1 Å². The molecule has 160 valence electrons. The van der Waals surface area contributed by atoms with Crippen LogP contribution in [0, 0.1) is 5.82 Å².